The van der Waals surface area contributed by atoms with E-state index in [9.17, 15) is 18.4 Å². The van der Waals surface area contributed by atoms with Gasteiger partial charge in [-0.25, -0.2) is 8.78 Å². The number of rotatable bonds is 5. The van der Waals surface area contributed by atoms with Crippen molar-refractivity contribution in [3.05, 3.63) is 29.8 Å². The third kappa shape index (κ3) is 5.47. The van der Waals surface area contributed by atoms with Crippen molar-refractivity contribution in [2.45, 2.75) is 20.3 Å². The van der Waals surface area contributed by atoms with Gasteiger partial charge in [0.2, 0.25) is 0 Å². The number of amides is 2. The third-order valence-corrected chi connectivity index (χ3v) is 2.90. The Hall–Kier alpha value is -2.02. The van der Waals surface area contributed by atoms with E-state index in [1.165, 1.54) is 0 Å². The standard InChI is InChI=1S/C14H18F2N2O3/c1-14(2,5-6-19)8-17-12(20)13(21)18-11-7-9(15)3-4-10(11)16/h3-4,7,19H,5-6,8H2,1-2H3,(H,17,20)(H,18,21). The Kier molecular flexibility index (Phi) is 5.78. The molecule has 0 saturated carbocycles. The van der Waals surface area contributed by atoms with Crippen molar-refractivity contribution in [3.8, 4) is 0 Å². The van der Waals surface area contributed by atoms with E-state index >= 15 is 0 Å². The van der Waals surface area contributed by atoms with Crippen LogP contribution >= 0.6 is 0 Å². The molecule has 0 radical (unpaired) electrons. The summed E-state index contributed by atoms with van der Waals surface area (Å²) in [5.74, 6) is -3.60. The van der Waals surface area contributed by atoms with E-state index in [2.05, 4.69) is 5.32 Å². The highest BCUT2D eigenvalue weighted by molar-refractivity contribution is 6.39. The Morgan fingerprint density at radius 2 is 1.90 bits per heavy atom. The minimum absolute atomic E-state index is 0.0381. The molecule has 0 aliphatic rings. The van der Waals surface area contributed by atoms with Gasteiger partial charge in [0.1, 0.15) is 11.6 Å². The Morgan fingerprint density at radius 3 is 2.52 bits per heavy atom. The second kappa shape index (κ2) is 7.12. The molecule has 116 valence electrons. The van der Waals surface area contributed by atoms with E-state index in [4.69, 9.17) is 5.11 Å². The van der Waals surface area contributed by atoms with Crippen LogP contribution in [0.4, 0.5) is 14.5 Å². The maximum Gasteiger partial charge on any atom is 0.313 e. The van der Waals surface area contributed by atoms with E-state index in [1.54, 1.807) is 0 Å². The zero-order valence-corrected chi connectivity index (χ0v) is 11.9. The molecule has 3 N–H and O–H groups in total. The van der Waals surface area contributed by atoms with Crippen LogP contribution in [0.1, 0.15) is 20.3 Å². The molecule has 1 aromatic rings. The molecule has 0 atom stereocenters. The summed E-state index contributed by atoms with van der Waals surface area (Å²) in [6.45, 7) is 3.76. The van der Waals surface area contributed by atoms with Crippen molar-refractivity contribution in [2.24, 2.45) is 5.41 Å². The van der Waals surface area contributed by atoms with Crippen LogP contribution in [-0.4, -0.2) is 30.1 Å². The number of halogens is 2. The zero-order valence-electron chi connectivity index (χ0n) is 11.9. The maximum atomic E-state index is 13.3. The van der Waals surface area contributed by atoms with Crippen molar-refractivity contribution in [3.63, 3.8) is 0 Å². The molecule has 0 saturated heterocycles. The van der Waals surface area contributed by atoms with Crippen molar-refractivity contribution in [1.82, 2.24) is 5.32 Å². The molecular formula is C14H18F2N2O3. The number of anilines is 1. The molecule has 7 heteroatoms. The van der Waals surface area contributed by atoms with Gasteiger partial charge in [0.15, 0.2) is 0 Å². The summed E-state index contributed by atoms with van der Waals surface area (Å²) in [5, 5.41) is 13.2. The quantitative estimate of drug-likeness (QED) is 0.720. The highest BCUT2D eigenvalue weighted by Crippen LogP contribution is 2.18. The fourth-order valence-corrected chi connectivity index (χ4v) is 1.56. The van der Waals surface area contributed by atoms with Crippen LogP contribution in [0.2, 0.25) is 0 Å². The summed E-state index contributed by atoms with van der Waals surface area (Å²) in [6.07, 6.45) is 0.452. The number of aliphatic hydroxyl groups excluding tert-OH is 1. The smallest absolute Gasteiger partial charge is 0.313 e. The van der Waals surface area contributed by atoms with Gasteiger partial charge >= 0.3 is 11.8 Å². The molecule has 0 aliphatic carbocycles. The van der Waals surface area contributed by atoms with Crippen LogP contribution < -0.4 is 10.6 Å². The first-order valence-corrected chi connectivity index (χ1v) is 6.40. The number of aliphatic hydroxyl groups is 1. The second-order valence-electron chi connectivity index (χ2n) is 5.40. The van der Waals surface area contributed by atoms with Gasteiger partial charge in [-0.15, -0.1) is 0 Å². The molecule has 0 spiro atoms. The van der Waals surface area contributed by atoms with Crippen LogP contribution in [0.25, 0.3) is 0 Å². The molecular weight excluding hydrogens is 282 g/mol. The van der Waals surface area contributed by atoms with Crippen LogP contribution in [0.3, 0.4) is 0 Å². The fraction of sp³-hybridized carbons (Fsp3) is 0.429. The second-order valence-corrected chi connectivity index (χ2v) is 5.40. The number of hydrogen-bond acceptors (Lipinski definition) is 3. The maximum absolute atomic E-state index is 13.3. The fourth-order valence-electron chi connectivity index (χ4n) is 1.56. The van der Waals surface area contributed by atoms with Crippen LogP contribution in [0.5, 0.6) is 0 Å². The Morgan fingerprint density at radius 1 is 1.24 bits per heavy atom. The lowest BCUT2D eigenvalue weighted by atomic mass is 9.90. The van der Waals surface area contributed by atoms with E-state index in [1.807, 2.05) is 19.2 Å². The molecule has 0 unspecified atom stereocenters. The van der Waals surface area contributed by atoms with E-state index in [-0.39, 0.29) is 18.6 Å². The molecule has 0 aromatic heterocycles. The number of carbonyl (C=O) groups is 2. The lowest BCUT2D eigenvalue weighted by Crippen LogP contribution is -2.40. The molecule has 1 aromatic carbocycles. The van der Waals surface area contributed by atoms with Gasteiger partial charge in [-0.05, 0) is 24.0 Å². The highest BCUT2D eigenvalue weighted by Gasteiger charge is 2.21. The molecule has 0 aliphatic heterocycles. The van der Waals surface area contributed by atoms with E-state index < -0.39 is 29.1 Å². The zero-order chi connectivity index (χ0) is 16.0. The Balaban J connectivity index is 2.59. The van der Waals surface area contributed by atoms with E-state index in [0.717, 1.165) is 18.2 Å². The minimum Gasteiger partial charge on any atom is -0.396 e. The molecule has 1 rings (SSSR count). The summed E-state index contributed by atoms with van der Waals surface area (Å²) in [5.41, 5.74) is -0.779. The van der Waals surface area contributed by atoms with Gasteiger partial charge in [0.05, 0.1) is 5.69 Å². The van der Waals surface area contributed by atoms with Crippen LogP contribution in [-0.2, 0) is 9.59 Å². The molecule has 2 amide bonds. The number of nitrogens with one attached hydrogen (secondary N) is 2. The topological polar surface area (TPSA) is 78.4 Å². The number of benzene rings is 1. The van der Waals surface area contributed by atoms with E-state index in [0.29, 0.717) is 6.42 Å². The summed E-state index contributed by atoms with van der Waals surface area (Å²) in [4.78, 5) is 23.2. The molecule has 5 nitrogen and oxygen atoms in total. The van der Waals surface area contributed by atoms with Gasteiger partial charge in [-0.2, -0.15) is 0 Å². The highest BCUT2D eigenvalue weighted by atomic mass is 19.1. The third-order valence-electron chi connectivity index (χ3n) is 2.90. The monoisotopic (exact) mass is 300 g/mol. The van der Waals surface area contributed by atoms with Gasteiger partial charge in [-0.1, -0.05) is 13.8 Å². The molecule has 0 fully saturated rings. The summed E-state index contributed by atoms with van der Waals surface area (Å²) in [7, 11) is 0. The lowest BCUT2D eigenvalue weighted by Gasteiger charge is -2.23. The first-order chi connectivity index (χ1) is 9.75. The predicted octanol–water partition coefficient (Wildman–Crippen LogP) is 1.43. The summed E-state index contributed by atoms with van der Waals surface area (Å²) in [6, 6.07) is 2.55. The first-order valence-electron chi connectivity index (χ1n) is 6.40. The number of hydrogen-bond donors (Lipinski definition) is 3. The largest absolute Gasteiger partial charge is 0.396 e. The molecule has 0 heterocycles. The number of carbonyl (C=O) groups excluding carboxylic acids is 2. The van der Waals surface area contributed by atoms with Crippen molar-refractivity contribution < 1.29 is 23.5 Å². The average molecular weight is 300 g/mol. The lowest BCUT2D eigenvalue weighted by molar-refractivity contribution is -0.136. The minimum atomic E-state index is -1.08. The van der Waals surface area contributed by atoms with Gasteiger partial charge in [0.25, 0.3) is 0 Å². The Bertz CT molecular complexity index is 533. The van der Waals surface area contributed by atoms with Crippen LogP contribution in [0.15, 0.2) is 18.2 Å². The molecule has 21 heavy (non-hydrogen) atoms. The van der Waals surface area contributed by atoms with Crippen molar-refractivity contribution >= 4 is 17.5 Å². The SMILES string of the molecule is CC(C)(CCO)CNC(=O)C(=O)Nc1cc(F)ccc1F. The van der Waals surface area contributed by atoms with Crippen molar-refractivity contribution in [1.29, 1.82) is 0 Å². The Labute approximate surface area is 121 Å². The van der Waals surface area contributed by atoms with Crippen molar-refractivity contribution in [2.75, 3.05) is 18.5 Å². The predicted molar refractivity (Wildman–Crippen MR) is 73.5 cm³/mol. The summed E-state index contributed by atoms with van der Waals surface area (Å²) < 4.78 is 26.3. The van der Waals surface area contributed by atoms with Crippen LogP contribution in [0, 0.1) is 17.0 Å². The summed E-state index contributed by atoms with van der Waals surface area (Å²) >= 11 is 0. The van der Waals surface area contributed by atoms with Gasteiger partial charge < -0.3 is 15.7 Å². The molecule has 0 bridgehead atoms. The normalized spacial score (nSPS) is 11.1. The van der Waals surface area contributed by atoms with Gasteiger partial charge in [0, 0.05) is 19.2 Å². The van der Waals surface area contributed by atoms with Gasteiger partial charge in [-0.3, -0.25) is 9.59 Å². The average Bonchev–Trinajstić information content (AvgIpc) is 2.40. The first kappa shape index (κ1) is 17.0.